The minimum atomic E-state index is 0.176. The third-order valence-electron chi connectivity index (χ3n) is 6.76. The van der Waals surface area contributed by atoms with Crippen LogP contribution >= 0.6 is 0 Å². The average molecular weight is 391 g/mol. The quantitative estimate of drug-likeness (QED) is 0.787. The van der Waals surface area contributed by atoms with E-state index in [0.717, 1.165) is 71.5 Å². The molecule has 28 heavy (non-hydrogen) atoms. The van der Waals surface area contributed by atoms with Crippen molar-refractivity contribution in [3.8, 4) is 0 Å². The molecule has 0 saturated carbocycles. The summed E-state index contributed by atoms with van der Waals surface area (Å²) < 4.78 is 10.8. The van der Waals surface area contributed by atoms with Gasteiger partial charge < -0.3 is 14.2 Å². The van der Waals surface area contributed by atoms with Crippen LogP contribution in [-0.4, -0.2) is 64.7 Å². The molecule has 1 amide bonds. The molecule has 1 aromatic rings. The number of aryl methyl sites for hydroxylation is 1. The second-order valence-corrected chi connectivity index (χ2v) is 8.68. The van der Waals surface area contributed by atoms with Gasteiger partial charge in [-0.3, -0.25) is 9.69 Å². The Morgan fingerprint density at radius 2 is 1.82 bits per heavy atom. The number of aromatic nitrogens is 2. The molecule has 4 rings (SSSR count). The van der Waals surface area contributed by atoms with Crippen molar-refractivity contribution in [2.75, 3.05) is 32.8 Å². The lowest BCUT2D eigenvalue weighted by atomic mass is 9.85. The van der Waals surface area contributed by atoms with Crippen LogP contribution in [0.25, 0.3) is 0 Å². The molecule has 0 aliphatic carbocycles. The first kappa shape index (κ1) is 19.8. The predicted octanol–water partition coefficient (Wildman–Crippen LogP) is 2.79. The number of carbonyl (C=O) groups is 1. The Morgan fingerprint density at radius 1 is 1.04 bits per heavy atom. The third kappa shape index (κ3) is 4.74. The number of carbonyl (C=O) groups excluding carboxylic acids is 1. The molecule has 3 aliphatic rings. The van der Waals surface area contributed by atoms with Crippen LogP contribution in [0.3, 0.4) is 0 Å². The van der Waals surface area contributed by atoms with E-state index in [2.05, 4.69) is 19.9 Å². The molecule has 3 aliphatic heterocycles. The highest BCUT2D eigenvalue weighted by molar-refractivity contribution is 5.79. The molecule has 0 radical (unpaired) electrons. The number of piperidine rings is 1. The molecule has 0 aromatic carbocycles. The van der Waals surface area contributed by atoms with Crippen molar-refractivity contribution in [1.29, 1.82) is 0 Å². The minimum absolute atomic E-state index is 0.176. The number of amides is 1. The van der Waals surface area contributed by atoms with E-state index in [1.54, 1.807) is 0 Å². The number of hydrogen-bond donors (Lipinski definition) is 0. The van der Waals surface area contributed by atoms with Gasteiger partial charge in [0.05, 0.1) is 6.54 Å². The summed E-state index contributed by atoms with van der Waals surface area (Å²) in [6.07, 6.45) is 8.91. The maximum atomic E-state index is 13.3. The first-order chi connectivity index (χ1) is 13.7. The van der Waals surface area contributed by atoms with Crippen LogP contribution in [0.2, 0.25) is 0 Å². The lowest BCUT2D eigenvalue weighted by Gasteiger charge is -2.42. The van der Waals surface area contributed by atoms with Crippen LogP contribution in [0, 0.1) is 18.8 Å². The maximum Gasteiger partial charge on any atom is 0.240 e. The molecule has 1 aromatic heterocycles. The highest BCUT2D eigenvalue weighted by atomic mass is 16.5. The Hall–Kier alpha value is -1.47. The van der Waals surface area contributed by atoms with Gasteiger partial charge in [-0.15, -0.1) is 0 Å². The first-order valence-corrected chi connectivity index (χ1v) is 11.1. The topological polar surface area (TPSA) is 71.7 Å². The Bertz CT molecular complexity index is 635. The molecule has 1 atom stereocenters. The minimum Gasteiger partial charge on any atom is -0.381 e. The lowest BCUT2D eigenvalue weighted by molar-refractivity contribution is -0.142. The molecule has 7 heteroatoms. The number of rotatable bonds is 4. The van der Waals surface area contributed by atoms with Gasteiger partial charge in [0.25, 0.3) is 0 Å². The molecule has 0 spiro atoms. The average Bonchev–Trinajstić information content (AvgIpc) is 2.99. The van der Waals surface area contributed by atoms with Crippen molar-refractivity contribution < 1.29 is 14.1 Å². The number of ether oxygens (including phenoxy) is 1. The van der Waals surface area contributed by atoms with Crippen molar-refractivity contribution in [2.45, 2.75) is 70.9 Å². The second-order valence-electron chi connectivity index (χ2n) is 8.68. The van der Waals surface area contributed by atoms with Gasteiger partial charge in [0.2, 0.25) is 11.8 Å². The molecule has 4 heterocycles. The van der Waals surface area contributed by atoms with Gasteiger partial charge in [0.15, 0.2) is 5.82 Å². The summed E-state index contributed by atoms with van der Waals surface area (Å²) in [5, 5.41) is 3.89. The van der Waals surface area contributed by atoms with Gasteiger partial charge in [-0.25, -0.2) is 0 Å². The van der Waals surface area contributed by atoms with Crippen LogP contribution in [0.15, 0.2) is 4.52 Å². The molecule has 3 fully saturated rings. The van der Waals surface area contributed by atoms with E-state index in [9.17, 15) is 4.79 Å². The molecule has 3 saturated heterocycles. The second kappa shape index (κ2) is 9.35. The van der Waals surface area contributed by atoms with E-state index in [1.165, 1.54) is 19.3 Å². The SMILES string of the molecule is Cc1noc(CN2CCC([C@@H]3CCCCCN3C(=O)C3CCOCC3)CC2)n1. The van der Waals surface area contributed by atoms with Crippen molar-refractivity contribution >= 4 is 5.91 Å². The van der Waals surface area contributed by atoms with E-state index >= 15 is 0 Å². The van der Waals surface area contributed by atoms with Crippen molar-refractivity contribution in [2.24, 2.45) is 11.8 Å². The smallest absolute Gasteiger partial charge is 0.240 e. The van der Waals surface area contributed by atoms with Gasteiger partial charge in [0, 0.05) is 31.7 Å². The molecular formula is C21H34N4O3. The normalized spacial score (nSPS) is 26.3. The summed E-state index contributed by atoms with van der Waals surface area (Å²) >= 11 is 0. The van der Waals surface area contributed by atoms with Crippen LogP contribution in [0.5, 0.6) is 0 Å². The summed E-state index contributed by atoms with van der Waals surface area (Å²) in [6, 6.07) is 0.422. The van der Waals surface area contributed by atoms with Gasteiger partial charge in [0.1, 0.15) is 0 Å². The van der Waals surface area contributed by atoms with E-state index in [1.807, 2.05) is 6.92 Å². The highest BCUT2D eigenvalue weighted by Crippen LogP contribution is 2.32. The van der Waals surface area contributed by atoms with Crippen molar-refractivity contribution in [1.82, 2.24) is 19.9 Å². The zero-order valence-corrected chi connectivity index (χ0v) is 17.1. The standard InChI is InChI=1S/C21H34N4O3/c1-16-22-20(28-23-16)15-24-11-6-17(7-12-24)19-5-3-2-4-10-25(19)21(26)18-8-13-27-14-9-18/h17-19H,2-15H2,1H3/t19-/m0/s1. The third-order valence-corrected chi connectivity index (χ3v) is 6.76. The molecule has 7 nitrogen and oxygen atoms in total. The zero-order chi connectivity index (χ0) is 19.3. The predicted molar refractivity (Wildman–Crippen MR) is 105 cm³/mol. The monoisotopic (exact) mass is 390 g/mol. The molecule has 156 valence electrons. The molecule has 0 bridgehead atoms. The van der Waals surface area contributed by atoms with Crippen LogP contribution in [0.1, 0.15) is 63.1 Å². The lowest BCUT2D eigenvalue weighted by Crippen LogP contribution is -2.50. The fraction of sp³-hybridized carbons (Fsp3) is 0.857. The van der Waals surface area contributed by atoms with Crippen LogP contribution < -0.4 is 0 Å². The van der Waals surface area contributed by atoms with E-state index in [0.29, 0.717) is 29.6 Å². The summed E-state index contributed by atoms with van der Waals surface area (Å²) in [5.41, 5.74) is 0. The summed E-state index contributed by atoms with van der Waals surface area (Å²) in [6.45, 7) is 7.11. The number of hydrogen-bond acceptors (Lipinski definition) is 6. The van der Waals surface area contributed by atoms with Gasteiger partial charge in [-0.1, -0.05) is 18.0 Å². The van der Waals surface area contributed by atoms with E-state index in [-0.39, 0.29) is 5.92 Å². The van der Waals surface area contributed by atoms with Gasteiger partial charge >= 0.3 is 0 Å². The first-order valence-electron chi connectivity index (χ1n) is 11.1. The highest BCUT2D eigenvalue weighted by Gasteiger charge is 2.36. The van der Waals surface area contributed by atoms with Gasteiger partial charge in [-0.05, 0) is 64.5 Å². The summed E-state index contributed by atoms with van der Waals surface area (Å²) in [5.74, 6) is 2.60. The van der Waals surface area contributed by atoms with Gasteiger partial charge in [-0.2, -0.15) is 4.98 Å². The fourth-order valence-corrected chi connectivity index (χ4v) is 5.17. The van der Waals surface area contributed by atoms with Crippen LogP contribution in [0.4, 0.5) is 0 Å². The number of nitrogens with zero attached hydrogens (tertiary/aromatic N) is 4. The number of likely N-dealkylation sites (tertiary alicyclic amines) is 2. The van der Waals surface area contributed by atoms with E-state index in [4.69, 9.17) is 9.26 Å². The molecule has 0 N–H and O–H groups in total. The molecule has 0 unspecified atom stereocenters. The van der Waals surface area contributed by atoms with Crippen molar-refractivity contribution in [3.05, 3.63) is 11.7 Å². The summed E-state index contributed by atoms with van der Waals surface area (Å²) in [4.78, 5) is 22.3. The zero-order valence-electron chi connectivity index (χ0n) is 17.1. The Labute approximate surface area is 167 Å². The van der Waals surface area contributed by atoms with Crippen LogP contribution in [-0.2, 0) is 16.1 Å². The Morgan fingerprint density at radius 3 is 2.54 bits per heavy atom. The molecular weight excluding hydrogens is 356 g/mol. The summed E-state index contributed by atoms with van der Waals surface area (Å²) in [7, 11) is 0. The van der Waals surface area contributed by atoms with Crippen molar-refractivity contribution in [3.63, 3.8) is 0 Å². The maximum absolute atomic E-state index is 13.3. The Kier molecular flexibility index (Phi) is 6.62. The Balaban J connectivity index is 1.36. The fourth-order valence-electron chi connectivity index (χ4n) is 5.17. The largest absolute Gasteiger partial charge is 0.381 e. The van der Waals surface area contributed by atoms with E-state index < -0.39 is 0 Å².